The maximum Gasteiger partial charge on any atom is 0.144 e. The van der Waals surface area contributed by atoms with Gasteiger partial charge >= 0.3 is 0 Å². The van der Waals surface area contributed by atoms with Gasteiger partial charge in [0.1, 0.15) is 5.75 Å². The summed E-state index contributed by atoms with van der Waals surface area (Å²) in [7, 11) is 2.08. The Kier molecular flexibility index (Phi) is 5.09. The van der Waals surface area contributed by atoms with Crippen LogP contribution in [0.4, 0.5) is 11.4 Å². The molecule has 0 aliphatic rings. The molecule has 3 heteroatoms. The van der Waals surface area contributed by atoms with Crippen LogP contribution in [-0.4, -0.2) is 13.7 Å². The zero-order chi connectivity index (χ0) is 15.2. The lowest BCUT2D eigenvalue weighted by molar-refractivity contribution is 0.319. The Bertz CT molecular complexity index is 596. The van der Waals surface area contributed by atoms with Crippen LogP contribution in [0, 0.1) is 6.92 Å². The number of ether oxygens (including phenoxy) is 1. The smallest absolute Gasteiger partial charge is 0.144 e. The molecule has 0 atom stereocenters. The standard InChI is InChI=1S/C18H24N2O/c1-4-10-21-18-12-16(8-9-17(18)19)20(3)13-15-7-5-6-14(2)11-15/h5-9,11-12H,4,10,13,19H2,1-3H3. The van der Waals surface area contributed by atoms with E-state index in [1.165, 1.54) is 11.1 Å². The summed E-state index contributed by atoms with van der Waals surface area (Å²) in [6.45, 7) is 5.75. The van der Waals surface area contributed by atoms with E-state index < -0.39 is 0 Å². The zero-order valence-corrected chi connectivity index (χ0v) is 13.1. The molecule has 0 saturated carbocycles. The summed E-state index contributed by atoms with van der Waals surface area (Å²) >= 11 is 0. The van der Waals surface area contributed by atoms with Crippen molar-refractivity contribution < 1.29 is 4.74 Å². The van der Waals surface area contributed by atoms with Crippen molar-refractivity contribution in [1.29, 1.82) is 0 Å². The number of nitrogens with two attached hydrogens (primary N) is 1. The second kappa shape index (κ2) is 7.02. The van der Waals surface area contributed by atoms with Crippen LogP contribution in [0.1, 0.15) is 24.5 Å². The summed E-state index contributed by atoms with van der Waals surface area (Å²) in [5.74, 6) is 0.769. The Morgan fingerprint density at radius 1 is 1.14 bits per heavy atom. The predicted molar refractivity (Wildman–Crippen MR) is 89.9 cm³/mol. The molecule has 2 N–H and O–H groups in total. The van der Waals surface area contributed by atoms with Crippen molar-refractivity contribution in [3.63, 3.8) is 0 Å². The first kappa shape index (κ1) is 15.2. The lowest BCUT2D eigenvalue weighted by Crippen LogP contribution is -2.16. The van der Waals surface area contributed by atoms with Gasteiger partial charge in [0.15, 0.2) is 0 Å². The van der Waals surface area contributed by atoms with E-state index in [0.717, 1.165) is 24.4 Å². The van der Waals surface area contributed by atoms with E-state index in [-0.39, 0.29) is 0 Å². The van der Waals surface area contributed by atoms with E-state index >= 15 is 0 Å². The number of nitrogens with zero attached hydrogens (tertiary/aromatic N) is 1. The van der Waals surface area contributed by atoms with Gasteiger partial charge in [0.25, 0.3) is 0 Å². The van der Waals surface area contributed by atoms with E-state index in [2.05, 4.69) is 50.1 Å². The van der Waals surface area contributed by atoms with Crippen LogP contribution >= 0.6 is 0 Å². The molecule has 0 radical (unpaired) electrons. The molecule has 2 aromatic carbocycles. The lowest BCUT2D eigenvalue weighted by Gasteiger charge is -2.21. The van der Waals surface area contributed by atoms with Crippen LogP contribution in [0.2, 0.25) is 0 Å². The molecular weight excluding hydrogens is 260 g/mol. The SMILES string of the molecule is CCCOc1cc(N(C)Cc2cccc(C)c2)ccc1N. The van der Waals surface area contributed by atoms with E-state index in [1.54, 1.807) is 0 Å². The number of hydrogen-bond acceptors (Lipinski definition) is 3. The molecule has 3 nitrogen and oxygen atoms in total. The Balaban J connectivity index is 2.13. The van der Waals surface area contributed by atoms with E-state index in [4.69, 9.17) is 10.5 Å². The minimum absolute atomic E-state index is 0.690. The fourth-order valence-electron chi connectivity index (χ4n) is 2.27. The highest BCUT2D eigenvalue weighted by Crippen LogP contribution is 2.28. The molecule has 0 aliphatic heterocycles. The Morgan fingerprint density at radius 3 is 2.67 bits per heavy atom. The van der Waals surface area contributed by atoms with Crippen molar-refractivity contribution in [1.82, 2.24) is 0 Å². The minimum atomic E-state index is 0.690. The molecule has 0 aromatic heterocycles. The van der Waals surface area contributed by atoms with Crippen molar-refractivity contribution in [2.24, 2.45) is 0 Å². The molecule has 0 bridgehead atoms. The summed E-state index contributed by atoms with van der Waals surface area (Å²) in [4.78, 5) is 2.20. The number of rotatable bonds is 6. The first-order valence-corrected chi connectivity index (χ1v) is 7.39. The molecule has 0 spiro atoms. The van der Waals surface area contributed by atoms with Crippen LogP contribution in [0.5, 0.6) is 5.75 Å². The average molecular weight is 284 g/mol. The third-order valence-electron chi connectivity index (χ3n) is 3.40. The number of hydrogen-bond donors (Lipinski definition) is 1. The number of nitrogen functional groups attached to an aromatic ring is 1. The summed E-state index contributed by atoms with van der Waals surface area (Å²) in [6.07, 6.45) is 0.975. The monoisotopic (exact) mass is 284 g/mol. The largest absolute Gasteiger partial charge is 0.491 e. The van der Waals surface area contributed by atoms with Gasteiger partial charge in [0.2, 0.25) is 0 Å². The Labute approximate surface area is 127 Å². The minimum Gasteiger partial charge on any atom is -0.491 e. The molecule has 112 valence electrons. The molecule has 0 fully saturated rings. The molecule has 2 aromatic rings. The highest BCUT2D eigenvalue weighted by molar-refractivity contribution is 5.62. The molecule has 0 aliphatic carbocycles. The van der Waals surface area contributed by atoms with Gasteiger partial charge in [-0.25, -0.2) is 0 Å². The highest BCUT2D eigenvalue weighted by atomic mass is 16.5. The van der Waals surface area contributed by atoms with Crippen molar-refractivity contribution in [3.05, 3.63) is 53.6 Å². The van der Waals surface area contributed by atoms with Crippen molar-refractivity contribution in [2.75, 3.05) is 24.3 Å². The van der Waals surface area contributed by atoms with Crippen LogP contribution in [-0.2, 0) is 6.54 Å². The molecule has 0 saturated heterocycles. The second-order valence-corrected chi connectivity index (χ2v) is 5.42. The summed E-state index contributed by atoms with van der Waals surface area (Å²) in [5, 5.41) is 0. The van der Waals surface area contributed by atoms with E-state index in [0.29, 0.717) is 12.3 Å². The van der Waals surface area contributed by atoms with Crippen molar-refractivity contribution in [3.8, 4) is 5.75 Å². The molecule has 0 heterocycles. The van der Waals surface area contributed by atoms with Gasteiger partial charge in [0, 0.05) is 25.3 Å². The highest BCUT2D eigenvalue weighted by Gasteiger charge is 2.07. The van der Waals surface area contributed by atoms with Gasteiger partial charge in [-0.05, 0) is 31.0 Å². The van der Waals surface area contributed by atoms with Gasteiger partial charge < -0.3 is 15.4 Å². The first-order valence-electron chi connectivity index (χ1n) is 7.39. The number of aryl methyl sites for hydroxylation is 1. The fourth-order valence-corrected chi connectivity index (χ4v) is 2.27. The van der Waals surface area contributed by atoms with E-state index in [1.807, 2.05) is 18.2 Å². The fraction of sp³-hybridized carbons (Fsp3) is 0.333. The first-order chi connectivity index (χ1) is 10.1. The van der Waals surface area contributed by atoms with Gasteiger partial charge in [-0.1, -0.05) is 36.8 Å². The maximum atomic E-state index is 5.96. The second-order valence-electron chi connectivity index (χ2n) is 5.42. The predicted octanol–water partition coefficient (Wildman–Crippen LogP) is 4.00. The van der Waals surface area contributed by atoms with Gasteiger partial charge in [-0.15, -0.1) is 0 Å². The number of benzene rings is 2. The average Bonchev–Trinajstić information content (AvgIpc) is 2.46. The summed E-state index contributed by atoms with van der Waals surface area (Å²) < 4.78 is 5.69. The van der Waals surface area contributed by atoms with Crippen LogP contribution < -0.4 is 15.4 Å². The summed E-state index contributed by atoms with van der Waals surface area (Å²) in [5.41, 5.74) is 10.3. The van der Waals surface area contributed by atoms with Gasteiger partial charge in [0.05, 0.1) is 12.3 Å². The molecule has 0 unspecified atom stereocenters. The molecule has 2 rings (SSSR count). The van der Waals surface area contributed by atoms with E-state index in [9.17, 15) is 0 Å². The third kappa shape index (κ3) is 4.15. The van der Waals surface area contributed by atoms with Crippen molar-refractivity contribution in [2.45, 2.75) is 26.8 Å². The van der Waals surface area contributed by atoms with Gasteiger partial charge in [-0.2, -0.15) is 0 Å². The molecule has 21 heavy (non-hydrogen) atoms. The topological polar surface area (TPSA) is 38.5 Å². The van der Waals surface area contributed by atoms with Crippen LogP contribution in [0.25, 0.3) is 0 Å². The Morgan fingerprint density at radius 2 is 1.95 bits per heavy atom. The number of anilines is 2. The van der Waals surface area contributed by atoms with Crippen molar-refractivity contribution >= 4 is 11.4 Å². The Hall–Kier alpha value is -2.16. The summed E-state index contributed by atoms with van der Waals surface area (Å²) in [6, 6.07) is 14.5. The van der Waals surface area contributed by atoms with Crippen LogP contribution in [0.15, 0.2) is 42.5 Å². The molecule has 0 amide bonds. The lowest BCUT2D eigenvalue weighted by atomic mass is 10.1. The third-order valence-corrected chi connectivity index (χ3v) is 3.40. The quantitative estimate of drug-likeness (QED) is 0.815. The van der Waals surface area contributed by atoms with Gasteiger partial charge in [-0.3, -0.25) is 0 Å². The molecular formula is C18H24N2O. The maximum absolute atomic E-state index is 5.96. The normalized spacial score (nSPS) is 10.4. The van der Waals surface area contributed by atoms with Crippen LogP contribution in [0.3, 0.4) is 0 Å². The zero-order valence-electron chi connectivity index (χ0n) is 13.1.